The van der Waals surface area contributed by atoms with E-state index < -0.39 is 18.1 Å². The number of carbonyl (C=O) groups is 3. The second kappa shape index (κ2) is 9.66. The molecule has 1 aromatic rings. The second-order valence-electron chi connectivity index (χ2n) is 6.03. The summed E-state index contributed by atoms with van der Waals surface area (Å²) in [4.78, 5) is 36.1. The number of hydrogen-bond acceptors (Lipinski definition) is 4. The molecule has 0 aromatic heterocycles. The van der Waals surface area contributed by atoms with Crippen LogP contribution in [0, 0.1) is 0 Å². The largest absolute Gasteiger partial charge is 0.480 e. The van der Waals surface area contributed by atoms with Gasteiger partial charge in [-0.1, -0.05) is 30.3 Å². The van der Waals surface area contributed by atoms with E-state index in [-0.39, 0.29) is 12.5 Å². The summed E-state index contributed by atoms with van der Waals surface area (Å²) in [5.41, 5.74) is 0.914. The Morgan fingerprint density at radius 3 is 2.64 bits per heavy atom. The molecular weight excluding hydrogens is 324 g/mol. The molecular formula is C18H24N2O5. The normalized spacial score (nSPS) is 15.0. The number of ether oxygens (including phenoxy) is 1. The fourth-order valence-corrected chi connectivity index (χ4v) is 2.84. The minimum Gasteiger partial charge on any atom is -0.480 e. The van der Waals surface area contributed by atoms with Crippen LogP contribution in [0.2, 0.25) is 0 Å². The first kappa shape index (κ1) is 18.8. The third kappa shape index (κ3) is 6.10. The Balaban J connectivity index is 1.60. The molecule has 0 spiro atoms. The monoisotopic (exact) mass is 348 g/mol. The number of carboxylic acids is 1. The number of hydrogen-bond donors (Lipinski definition) is 2. The zero-order valence-corrected chi connectivity index (χ0v) is 14.1. The highest BCUT2D eigenvalue weighted by Gasteiger charge is 2.32. The molecule has 1 aliphatic heterocycles. The van der Waals surface area contributed by atoms with E-state index in [1.165, 1.54) is 4.90 Å². The van der Waals surface area contributed by atoms with Crippen LogP contribution in [0.15, 0.2) is 30.3 Å². The molecule has 1 atom stereocenters. The molecule has 2 amide bonds. The van der Waals surface area contributed by atoms with Crippen molar-refractivity contribution >= 4 is 18.0 Å². The van der Waals surface area contributed by atoms with E-state index in [9.17, 15) is 19.5 Å². The Morgan fingerprint density at radius 1 is 1.24 bits per heavy atom. The number of benzene rings is 1. The standard InChI is InChI=1S/C18H24N2O5/c21-16-10-6-12-20(16)15(17(22)23)9-4-5-11-19-18(24)25-13-14-7-2-1-3-8-14/h1-3,7-8,15H,4-6,9-13H2,(H,19,24)(H,22,23)/t15-/m0/s1. The molecule has 7 nitrogen and oxygen atoms in total. The van der Waals surface area contributed by atoms with Gasteiger partial charge in [-0.3, -0.25) is 4.79 Å². The maximum Gasteiger partial charge on any atom is 0.407 e. The lowest BCUT2D eigenvalue weighted by atomic mass is 10.1. The number of amides is 2. The molecule has 0 radical (unpaired) electrons. The van der Waals surface area contributed by atoms with Gasteiger partial charge >= 0.3 is 12.1 Å². The minimum atomic E-state index is -0.967. The lowest BCUT2D eigenvalue weighted by Crippen LogP contribution is -2.42. The Hall–Kier alpha value is -2.57. The van der Waals surface area contributed by atoms with E-state index in [1.807, 2.05) is 30.3 Å². The maximum atomic E-state index is 11.7. The van der Waals surface area contributed by atoms with Crippen molar-refractivity contribution in [1.29, 1.82) is 0 Å². The summed E-state index contributed by atoms with van der Waals surface area (Å²) in [7, 11) is 0. The topological polar surface area (TPSA) is 95.9 Å². The molecule has 2 rings (SSSR count). The minimum absolute atomic E-state index is 0.0879. The number of aliphatic carboxylic acids is 1. The number of unbranched alkanes of at least 4 members (excludes halogenated alkanes) is 1. The van der Waals surface area contributed by atoms with Gasteiger partial charge in [0.25, 0.3) is 0 Å². The van der Waals surface area contributed by atoms with Gasteiger partial charge < -0.3 is 20.1 Å². The number of likely N-dealkylation sites (tertiary alicyclic amines) is 1. The molecule has 0 unspecified atom stereocenters. The van der Waals surface area contributed by atoms with Gasteiger partial charge in [0, 0.05) is 19.5 Å². The van der Waals surface area contributed by atoms with Crippen molar-refractivity contribution in [3.05, 3.63) is 35.9 Å². The Bertz CT molecular complexity index is 590. The summed E-state index contributed by atoms with van der Waals surface area (Å²) in [5, 5.41) is 11.9. The Labute approximate surface area is 147 Å². The van der Waals surface area contributed by atoms with Crippen LogP contribution in [-0.2, 0) is 20.9 Å². The zero-order chi connectivity index (χ0) is 18.1. The third-order valence-corrected chi connectivity index (χ3v) is 4.16. The quantitative estimate of drug-likeness (QED) is 0.667. The number of alkyl carbamates (subject to hydrolysis) is 1. The van der Waals surface area contributed by atoms with Crippen molar-refractivity contribution in [3.8, 4) is 0 Å². The highest BCUT2D eigenvalue weighted by Crippen LogP contribution is 2.17. The van der Waals surface area contributed by atoms with Crippen LogP contribution in [0.5, 0.6) is 0 Å². The summed E-state index contributed by atoms with van der Waals surface area (Å²) in [6.45, 7) is 1.14. The number of carboxylic acid groups (broad SMARTS) is 1. The van der Waals surface area contributed by atoms with Gasteiger partial charge in [0.1, 0.15) is 12.6 Å². The van der Waals surface area contributed by atoms with E-state index in [2.05, 4.69) is 5.32 Å². The average Bonchev–Trinajstić information content (AvgIpc) is 3.02. The number of nitrogens with one attached hydrogen (secondary N) is 1. The van der Waals surface area contributed by atoms with Crippen LogP contribution in [0.4, 0.5) is 4.79 Å². The lowest BCUT2D eigenvalue weighted by Gasteiger charge is -2.24. The van der Waals surface area contributed by atoms with Gasteiger partial charge in [0.15, 0.2) is 0 Å². The fraction of sp³-hybridized carbons (Fsp3) is 0.500. The van der Waals surface area contributed by atoms with Crippen molar-refractivity contribution < 1.29 is 24.2 Å². The molecule has 1 saturated heterocycles. The first-order valence-electron chi connectivity index (χ1n) is 8.55. The third-order valence-electron chi connectivity index (χ3n) is 4.16. The van der Waals surface area contributed by atoms with E-state index in [0.717, 1.165) is 12.0 Å². The summed E-state index contributed by atoms with van der Waals surface area (Å²) >= 11 is 0. The number of carbonyl (C=O) groups excluding carboxylic acids is 2. The summed E-state index contributed by atoms with van der Waals surface area (Å²) in [6, 6.07) is 8.63. The molecule has 1 fully saturated rings. The van der Waals surface area contributed by atoms with Crippen LogP contribution < -0.4 is 5.32 Å². The molecule has 0 bridgehead atoms. The van der Waals surface area contributed by atoms with E-state index >= 15 is 0 Å². The van der Waals surface area contributed by atoms with E-state index in [0.29, 0.717) is 38.8 Å². The summed E-state index contributed by atoms with van der Waals surface area (Å²) in [5.74, 6) is -1.06. The molecule has 7 heteroatoms. The predicted octanol–water partition coefficient (Wildman–Crippen LogP) is 2.16. The van der Waals surface area contributed by atoms with Gasteiger partial charge in [-0.25, -0.2) is 9.59 Å². The van der Waals surface area contributed by atoms with Crippen LogP contribution in [0.25, 0.3) is 0 Å². The van der Waals surface area contributed by atoms with E-state index in [4.69, 9.17) is 4.74 Å². The maximum absolute atomic E-state index is 11.7. The lowest BCUT2D eigenvalue weighted by molar-refractivity contribution is -0.148. The van der Waals surface area contributed by atoms with Crippen molar-refractivity contribution in [2.24, 2.45) is 0 Å². The molecule has 1 aliphatic rings. The molecule has 25 heavy (non-hydrogen) atoms. The molecule has 1 heterocycles. The van der Waals surface area contributed by atoms with Crippen LogP contribution in [0.1, 0.15) is 37.7 Å². The first-order valence-corrected chi connectivity index (χ1v) is 8.55. The van der Waals surface area contributed by atoms with Crippen molar-refractivity contribution in [3.63, 3.8) is 0 Å². The van der Waals surface area contributed by atoms with Gasteiger partial charge in [-0.2, -0.15) is 0 Å². The van der Waals surface area contributed by atoms with Gasteiger partial charge in [-0.05, 0) is 31.2 Å². The Morgan fingerprint density at radius 2 is 2.00 bits per heavy atom. The predicted molar refractivity (Wildman–Crippen MR) is 90.9 cm³/mol. The van der Waals surface area contributed by atoms with Crippen LogP contribution >= 0.6 is 0 Å². The number of rotatable bonds is 9. The van der Waals surface area contributed by atoms with Crippen LogP contribution in [-0.4, -0.2) is 47.1 Å². The molecule has 136 valence electrons. The Kier molecular flexibility index (Phi) is 7.25. The highest BCUT2D eigenvalue weighted by molar-refractivity contribution is 5.84. The van der Waals surface area contributed by atoms with Gasteiger partial charge in [0.2, 0.25) is 5.91 Å². The van der Waals surface area contributed by atoms with Gasteiger partial charge in [-0.15, -0.1) is 0 Å². The molecule has 2 N–H and O–H groups in total. The highest BCUT2D eigenvalue weighted by atomic mass is 16.5. The molecule has 1 aromatic carbocycles. The van der Waals surface area contributed by atoms with E-state index in [1.54, 1.807) is 0 Å². The number of nitrogens with zero attached hydrogens (tertiary/aromatic N) is 1. The first-order chi connectivity index (χ1) is 12.1. The van der Waals surface area contributed by atoms with Crippen LogP contribution in [0.3, 0.4) is 0 Å². The van der Waals surface area contributed by atoms with Crippen molar-refractivity contribution in [1.82, 2.24) is 10.2 Å². The smallest absolute Gasteiger partial charge is 0.407 e. The SMILES string of the molecule is O=C(NCCCC[C@@H](C(=O)O)N1CCCC1=O)OCc1ccccc1. The van der Waals surface area contributed by atoms with Crippen molar-refractivity contribution in [2.45, 2.75) is 44.8 Å². The zero-order valence-electron chi connectivity index (χ0n) is 14.1. The molecule has 0 saturated carbocycles. The van der Waals surface area contributed by atoms with Gasteiger partial charge in [0.05, 0.1) is 0 Å². The fourth-order valence-electron chi connectivity index (χ4n) is 2.84. The second-order valence-corrected chi connectivity index (χ2v) is 6.03. The molecule has 0 aliphatic carbocycles. The average molecular weight is 348 g/mol. The summed E-state index contributed by atoms with van der Waals surface area (Å²) < 4.78 is 5.09. The van der Waals surface area contributed by atoms with Crippen molar-refractivity contribution in [2.75, 3.05) is 13.1 Å². The summed E-state index contributed by atoms with van der Waals surface area (Å²) in [6.07, 6.45) is 2.29.